The second-order valence-electron chi connectivity index (χ2n) is 2.65. The highest BCUT2D eigenvalue weighted by Crippen LogP contribution is 2.04. The first-order valence-electron chi connectivity index (χ1n) is 3.76. The molecule has 13 heavy (non-hydrogen) atoms. The number of hydrogen-bond donors (Lipinski definition) is 1. The van der Waals surface area contributed by atoms with Crippen LogP contribution in [0.4, 0.5) is 5.69 Å². The smallest absolute Gasteiger partial charge is 0.221 e. The molecule has 0 aliphatic heterocycles. The van der Waals surface area contributed by atoms with Crippen molar-refractivity contribution < 1.29 is 9.59 Å². The number of rotatable bonds is 2. The minimum absolute atomic E-state index is 0.123. The van der Waals surface area contributed by atoms with Gasteiger partial charge in [0, 0.05) is 18.2 Å². The Kier molecular flexibility index (Phi) is 3.24. The monoisotopic (exact) mass is 189 g/mol. The average molecular weight is 189 g/mol. The fourth-order valence-corrected chi connectivity index (χ4v) is 1.32. The molecular weight excluding hydrogens is 181 g/mol. The number of amides is 1. The van der Waals surface area contributed by atoms with Crippen molar-refractivity contribution in [2.24, 2.45) is 0 Å². The molecule has 64 valence electrons. The summed E-state index contributed by atoms with van der Waals surface area (Å²) in [6, 6.07) is 5.06. The second kappa shape index (κ2) is 4.22. The maximum Gasteiger partial charge on any atom is 0.221 e. The van der Waals surface area contributed by atoms with E-state index in [9.17, 15) is 9.59 Å². The molecule has 0 unspecified atom stereocenters. The lowest BCUT2D eigenvalue weighted by atomic mass is 10.2. The summed E-state index contributed by atoms with van der Waals surface area (Å²) in [6.07, 6.45) is 0.769. The summed E-state index contributed by atoms with van der Waals surface area (Å²) < 4.78 is 0.805. The lowest BCUT2D eigenvalue weighted by molar-refractivity contribution is -0.114. The van der Waals surface area contributed by atoms with Gasteiger partial charge in [-0.05, 0) is 12.1 Å². The molecule has 0 aliphatic carbocycles. The summed E-state index contributed by atoms with van der Waals surface area (Å²) >= 11 is 2.47. The lowest BCUT2D eigenvalue weighted by Crippen LogP contribution is -2.16. The van der Waals surface area contributed by atoms with Crippen LogP contribution in [-0.2, 0) is 4.79 Å². The Balaban J connectivity index is 2.98. The Bertz CT molecular complexity index is 349. The van der Waals surface area contributed by atoms with Gasteiger partial charge in [-0.3, -0.25) is 9.59 Å². The predicted octanol–water partition coefficient (Wildman–Crippen LogP) is 0.251. The molecule has 0 saturated carbocycles. The summed E-state index contributed by atoms with van der Waals surface area (Å²) in [6.45, 7) is 1.44. The van der Waals surface area contributed by atoms with Crippen LogP contribution in [0.2, 0.25) is 0 Å². The van der Waals surface area contributed by atoms with E-state index in [1.54, 1.807) is 18.2 Å². The predicted molar refractivity (Wildman–Crippen MR) is 51.5 cm³/mol. The van der Waals surface area contributed by atoms with Gasteiger partial charge in [0.15, 0.2) is 16.3 Å². The fraction of sp³-hybridized carbons (Fsp3) is 0.111. The number of hydrogen-bond acceptors (Lipinski definition) is 2. The van der Waals surface area contributed by atoms with E-state index in [1.165, 1.54) is 6.92 Å². The number of carbonyl (C=O) groups excluding carboxylic acids is 2. The minimum atomic E-state index is -0.123. The maximum absolute atomic E-state index is 10.7. The zero-order valence-corrected chi connectivity index (χ0v) is 8.36. The molecule has 1 N–H and O–H groups in total. The Morgan fingerprint density at radius 2 is 2.23 bits per heavy atom. The number of anilines is 1. The van der Waals surface area contributed by atoms with Crippen LogP contribution in [0.3, 0.4) is 0 Å². The molecule has 0 heterocycles. The van der Waals surface area contributed by atoms with Gasteiger partial charge < -0.3 is 5.32 Å². The van der Waals surface area contributed by atoms with Crippen LogP contribution >= 0.6 is 0 Å². The zero-order chi connectivity index (χ0) is 9.84. The van der Waals surface area contributed by atoms with Gasteiger partial charge in [-0.2, -0.15) is 0 Å². The van der Waals surface area contributed by atoms with Crippen molar-refractivity contribution >= 4 is 38.6 Å². The first-order chi connectivity index (χ1) is 6.13. The van der Waals surface area contributed by atoms with Crippen molar-refractivity contribution in [3.05, 3.63) is 23.8 Å². The van der Waals surface area contributed by atoms with Gasteiger partial charge in [-0.1, -0.05) is 6.07 Å². The number of benzene rings is 1. The van der Waals surface area contributed by atoms with E-state index < -0.39 is 0 Å². The Morgan fingerprint density at radius 3 is 2.69 bits per heavy atom. The van der Waals surface area contributed by atoms with E-state index in [2.05, 4.69) is 21.6 Å². The highest BCUT2D eigenvalue weighted by atomic mass is 27.0. The van der Waals surface area contributed by atoms with Gasteiger partial charge in [0.05, 0.1) is 0 Å². The van der Waals surface area contributed by atoms with E-state index in [1.807, 2.05) is 0 Å². The van der Waals surface area contributed by atoms with E-state index in [4.69, 9.17) is 0 Å². The van der Waals surface area contributed by atoms with Crippen molar-refractivity contribution in [2.45, 2.75) is 6.92 Å². The molecular formula is C9H8AlNO2. The molecule has 0 saturated heterocycles. The Hall–Kier alpha value is -1.11. The van der Waals surface area contributed by atoms with Crippen LogP contribution in [0.5, 0.6) is 0 Å². The van der Waals surface area contributed by atoms with Crippen molar-refractivity contribution in [3.63, 3.8) is 0 Å². The molecule has 0 spiro atoms. The second-order valence-corrected chi connectivity index (χ2v) is 3.27. The van der Waals surface area contributed by atoms with Crippen LogP contribution in [-0.4, -0.2) is 28.5 Å². The van der Waals surface area contributed by atoms with E-state index >= 15 is 0 Å². The Morgan fingerprint density at radius 1 is 1.54 bits per heavy atom. The topological polar surface area (TPSA) is 46.2 Å². The van der Waals surface area contributed by atoms with Gasteiger partial charge in [0.25, 0.3) is 0 Å². The quantitative estimate of drug-likeness (QED) is 0.535. The minimum Gasteiger partial charge on any atom is -0.328 e. The third-order valence-electron chi connectivity index (χ3n) is 1.52. The van der Waals surface area contributed by atoms with Crippen molar-refractivity contribution in [1.29, 1.82) is 0 Å². The van der Waals surface area contributed by atoms with Crippen LogP contribution in [0.15, 0.2) is 18.2 Å². The third-order valence-corrected chi connectivity index (χ3v) is 2.00. The van der Waals surface area contributed by atoms with E-state index in [-0.39, 0.29) is 5.91 Å². The first-order valence-corrected chi connectivity index (χ1v) is 4.33. The molecule has 2 radical (unpaired) electrons. The van der Waals surface area contributed by atoms with Crippen molar-refractivity contribution in [1.82, 2.24) is 0 Å². The summed E-state index contributed by atoms with van der Waals surface area (Å²) in [7, 11) is 0. The van der Waals surface area contributed by atoms with Gasteiger partial charge >= 0.3 is 0 Å². The SMILES string of the molecule is CC(=O)Nc1ccc(C=O)c[c]1[Al]. The molecule has 3 nitrogen and oxygen atoms in total. The van der Waals surface area contributed by atoms with Crippen molar-refractivity contribution in [2.75, 3.05) is 5.32 Å². The molecule has 4 heteroatoms. The van der Waals surface area contributed by atoms with Crippen LogP contribution < -0.4 is 9.74 Å². The molecule has 0 aliphatic rings. The number of nitrogens with one attached hydrogen (secondary N) is 1. The third kappa shape index (κ3) is 2.69. The average Bonchev–Trinajstić information content (AvgIpc) is 2.08. The summed E-state index contributed by atoms with van der Waals surface area (Å²) in [5, 5.41) is 2.65. The largest absolute Gasteiger partial charge is 0.328 e. The summed E-state index contributed by atoms with van der Waals surface area (Å²) in [5.41, 5.74) is 1.31. The molecule has 1 aromatic carbocycles. The number of carbonyl (C=O) groups is 2. The standard InChI is InChI=1S/C9H8NO2.Al/c1-7(12)10-9-4-2-8(6-11)3-5-9;/h2-4,6H,1H3,(H,10,12);. The Labute approximate surface area is 84.6 Å². The lowest BCUT2D eigenvalue weighted by Gasteiger charge is -2.06. The fourth-order valence-electron chi connectivity index (χ4n) is 0.958. The molecule has 0 fully saturated rings. The van der Waals surface area contributed by atoms with Crippen LogP contribution in [0.25, 0.3) is 0 Å². The normalized spacial score (nSPS) is 9.31. The van der Waals surface area contributed by atoms with E-state index in [0.29, 0.717) is 11.3 Å². The van der Waals surface area contributed by atoms with Gasteiger partial charge in [0.1, 0.15) is 6.29 Å². The highest BCUT2D eigenvalue weighted by Gasteiger charge is 1.99. The first kappa shape index (κ1) is 9.98. The van der Waals surface area contributed by atoms with E-state index in [0.717, 1.165) is 10.7 Å². The zero-order valence-electron chi connectivity index (χ0n) is 7.20. The van der Waals surface area contributed by atoms with Gasteiger partial charge in [0.2, 0.25) is 5.91 Å². The molecule has 1 amide bonds. The van der Waals surface area contributed by atoms with Gasteiger partial charge in [-0.25, -0.2) is 0 Å². The molecule has 1 rings (SSSR count). The molecule has 1 aromatic rings. The summed E-state index contributed by atoms with van der Waals surface area (Å²) in [5.74, 6) is -0.123. The molecule has 0 bridgehead atoms. The van der Waals surface area contributed by atoms with Crippen LogP contribution in [0, 0.1) is 0 Å². The molecule has 0 atom stereocenters. The van der Waals surface area contributed by atoms with Crippen LogP contribution in [0.1, 0.15) is 17.3 Å². The molecule has 0 aromatic heterocycles. The maximum atomic E-state index is 10.7. The number of aldehydes is 1. The highest BCUT2D eigenvalue weighted by molar-refractivity contribution is 6.36. The van der Waals surface area contributed by atoms with Gasteiger partial charge in [-0.15, -0.1) is 4.43 Å². The summed E-state index contributed by atoms with van der Waals surface area (Å²) in [4.78, 5) is 21.1. The van der Waals surface area contributed by atoms with Crippen molar-refractivity contribution in [3.8, 4) is 0 Å².